The van der Waals surface area contributed by atoms with E-state index in [1.807, 2.05) is 0 Å². The molecule has 0 radical (unpaired) electrons. The van der Waals surface area contributed by atoms with Gasteiger partial charge in [-0.1, -0.05) is 6.42 Å². The van der Waals surface area contributed by atoms with E-state index in [1.54, 1.807) is 0 Å². The van der Waals surface area contributed by atoms with Crippen molar-refractivity contribution in [1.29, 1.82) is 0 Å². The van der Waals surface area contributed by atoms with Crippen LogP contribution in [0.4, 0.5) is 0 Å². The van der Waals surface area contributed by atoms with E-state index in [2.05, 4.69) is 5.32 Å². The van der Waals surface area contributed by atoms with Crippen LogP contribution < -0.4 is 5.32 Å². The lowest BCUT2D eigenvalue weighted by Crippen LogP contribution is -2.34. The molecule has 80 valence electrons. The summed E-state index contributed by atoms with van der Waals surface area (Å²) in [6, 6.07) is 0.631. The maximum absolute atomic E-state index is 11.5. The topological polar surface area (TPSA) is 29.1 Å². The van der Waals surface area contributed by atoms with Crippen LogP contribution in [0.5, 0.6) is 0 Å². The second-order valence-electron chi connectivity index (χ2n) is 4.87. The van der Waals surface area contributed by atoms with Crippen molar-refractivity contribution in [1.82, 2.24) is 5.32 Å². The van der Waals surface area contributed by atoms with Gasteiger partial charge in [0.2, 0.25) is 0 Å². The molecule has 0 aromatic heterocycles. The molecule has 1 aliphatic heterocycles. The zero-order valence-corrected chi connectivity index (χ0v) is 8.93. The molecule has 1 saturated carbocycles. The minimum Gasteiger partial charge on any atom is -0.314 e. The zero-order chi connectivity index (χ0) is 9.80. The molecule has 0 spiro atoms. The molecule has 1 heterocycles. The van der Waals surface area contributed by atoms with E-state index in [9.17, 15) is 4.79 Å². The van der Waals surface area contributed by atoms with Gasteiger partial charge in [-0.05, 0) is 44.6 Å². The van der Waals surface area contributed by atoms with Gasteiger partial charge in [0, 0.05) is 18.9 Å². The second-order valence-corrected chi connectivity index (χ2v) is 4.87. The monoisotopic (exact) mass is 195 g/mol. The van der Waals surface area contributed by atoms with Gasteiger partial charge in [-0.3, -0.25) is 4.79 Å². The van der Waals surface area contributed by atoms with Crippen molar-refractivity contribution in [3.05, 3.63) is 0 Å². The van der Waals surface area contributed by atoms with Crippen molar-refractivity contribution < 1.29 is 4.79 Å². The maximum atomic E-state index is 11.5. The predicted octanol–water partition coefficient (Wildman–Crippen LogP) is 2.28. The van der Waals surface area contributed by atoms with Gasteiger partial charge in [0.25, 0.3) is 0 Å². The van der Waals surface area contributed by atoms with Crippen molar-refractivity contribution in [2.24, 2.45) is 5.92 Å². The Labute approximate surface area is 86.5 Å². The van der Waals surface area contributed by atoms with Crippen LogP contribution in [0.15, 0.2) is 0 Å². The van der Waals surface area contributed by atoms with Crippen LogP contribution in [0.1, 0.15) is 51.4 Å². The Morgan fingerprint density at radius 2 is 2.07 bits per heavy atom. The van der Waals surface area contributed by atoms with Crippen LogP contribution >= 0.6 is 0 Å². The zero-order valence-electron chi connectivity index (χ0n) is 8.93. The third kappa shape index (κ3) is 3.41. The summed E-state index contributed by atoms with van der Waals surface area (Å²) in [4.78, 5) is 11.5. The first-order valence-corrected chi connectivity index (χ1v) is 6.09. The Hall–Kier alpha value is -0.370. The molecular formula is C12H21NO. The van der Waals surface area contributed by atoms with E-state index in [4.69, 9.17) is 0 Å². The first-order chi connectivity index (χ1) is 6.84. The van der Waals surface area contributed by atoms with Gasteiger partial charge < -0.3 is 5.32 Å². The van der Waals surface area contributed by atoms with Crippen LogP contribution in [-0.4, -0.2) is 18.4 Å². The Kier molecular flexibility index (Phi) is 3.57. The van der Waals surface area contributed by atoms with E-state index in [-0.39, 0.29) is 0 Å². The number of Topliss-reactive ketones (excluding diaryl/α,β-unsaturated/α-hetero) is 1. The Morgan fingerprint density at radius 1 is 1.21 bits per heavy atom. The molecule has 0 aromatic rings. The highest BCUT2D eigenvalue weighted by Gasteiger charge is 2.24. The van der Waals surface area contributed by atoms with E-state index in [0.29, 0.717) is 11.8 Å². The number of carbonyl (C=O) groups is 1. The van der Waals surface area contributed by atoms with Crippen LogP contribution in [0.25, 0.3) is 0 Å². The third-order valence-corrected chi connectivity index (χ3v) is 3.40. The molecule has 2 rings (SSSR count). The van der Waals surface area contributed by atoms with Gasteiger partial charge in [0.05, 0.1) is 0 Å². The SMILES string of the molecule is O=C(CCC1CCCCN1)CC1CC1. The smallest absolute Gasteiger partial charge is 0.133 e. The third-order valence-electron chi connectivity index (χ3n) is 3.40. The average Bonchev–Trinajstić information content (AvgIpc) is 3.00. The van der Waals surface area contributed by atoms with Crippen LogP contribution in [-0.2, 0) is 4.79 Å². The van der Waals surface area contributed by atoms with E-state index < -0.39 is 0 Å². The first kappa shape index (κ1) is 10.2. The fourth-order valence-electron chi connectivity index (χ4n) is 2.25. The van der Waals surface area contributed by atoms with Crippen LogP contribution in [0, 0.1) is 5.92 Å². The molecule has 2 heteroatoms. The van der Waals surface area contributed by atoms with Crippen molar-refractivity contribution in [3.63, 3.8) is 0 Å². The van der Waals surface area contributed by atoms with Gasteiger partial charge in [-0.25, -0.2) is 0 Å². The Morgan fingerprint density at radius 3 is 2.71 bits per heavy atom. The van der Waals surface area contributed by atoms with Gasteiger partial charge in [-0.2, -0.15) is 0 Å². The number of carbonyl (C=O) groups excluding carboxylic acids is 1. The number of piperidine rings is 1. The molecule has 1 saturated heterocycles. The summed E-state index contributed by atoms with van der Waals surface area (Å²) >= 11 is 0. The summed E-state index contributed by atoms with van der Waals surface area (Å²) in [6.07, 6.45) is 9.28. The molecule has 1 atom stereocenters. The molecular weight excluding hydrogens is 174 g/mol. The number of hydrogen-bond donors (Lipinski definition) is 1. The Balaban J connectivity index is 1.57. The number of nitrogens with one attached hydrogen (secondary N) is 1. The Bertz CT molecular complexity index is 192. The molecule has 0 amide bonds. The van der Waals surface area contributed by atoms with Gasteiger partial charge in [0.15, 0.2) is 0 Å². The molecule has 2 fully saturated rings. The van der Waals surface area contributed by atoms with Gasteiger partial charge in [-0.15, -0.1) is 0 Å². The maximum Gasteiger partial charge on any atom is 0.133 e. The summed E-state index contributed by atoms with van der Waals surface area (Å²) in [7, 11) is 0. The first-order valence-electron chi connectivity index (χ1n) is 6.09. The highest BCUT2D eigenvalue weighted by atomic mass is 16.1. The highest BCUT2D eigenvalue weighted by molar-refractivity contribution is 5.78. The fraction of sp³-hybridized carbons (Fsp3) is 0.917. The van der Waals surface area contributed by atoms with Crippen molar-refractivity contribution in [2.75, 3.05) is 6.54 Å². The standard InChI is InChI=1S/C12H21NO/c14-12(9-10-4-5-10)7-6-11-3-1-2-8-13-11/h10-11,13H,1-9H2. The molecule has 0 bridgehead atoms. The quantitative estimate of drug-likeness (QED) is 0.729. The normalized spacial score (nSPS) is 27.6. The molecule has 1 unspecified atom stereocenters. The van der Waals surface area contributed by atoms with Crippen LogP contribution in [0.3, 0.4) is 0 Å². The molecule has 0 aromatic carbocycles. The number of rotatable bonds is 5. The van der Waals surface area contributed by atoms with Crippen molar-refractivity contribution in [2.45, 2.75) is 57.4 Å². The largest absolute Gasteiger partial charge is 0.314 e. The van der Waals surface area contributed by atoms with E-state index in [0.717, 1.165) is 31.7 Å². The molecule has 2 aliphatic rings. The molecule has 2 nitrogen and oxygen atoms in total. The summed E-state index contributed by atoms with van der Waals surface area (Å²) in [5, 5.41) is 3.49. The van der Waals surface area contributed by atoms with Crippen LogP contribution in [0.2, 0.25) is 0 Å². The van der Waals surface area contributed by atoms with Crippen molar-refractivity contribution in [3.8, 4) is 0 Å². The second kappa shape index (κ2) is 4.92. The fourth-order valence-corrected chi connectivity index (χ4v) is 2.25. The minimum absolute atomic E-state index is 0.500. The molecule has 1 N–H and O–H groups in total. The number of ketones is 1. The van der Waals surface area contributed by atoms with Crippen molar-refractivity contribution >= 4 is 5.78 Å². The summed E-state index contributed by atoms with van der Waals surface area (Å²) in [5.41, 5.74) is 0. The lowest BCUT2D eigenvalue weighted by Gasteiger charge is -2.22. The summed E-state index contributed by atoms with van der Waals surface area (Å²) in [6.45, 7) is 1.15. The number of hydrogen-bond acceptors (Lipinski definition) is 2. The minimum atomic E-state index is 0.500. The molecule has 14 heavy (non-hydrogen) atoms. The molecule has 1 aliphatic carbocycles. The van der Waals surface area contributed by atoms with E-state index in [1.165, 1.54) is 32.1 Å². The highest BCUT2D eigenvalue weighted by Crippen LogP contribution is 2.33. The lowest BCUT2D eigenvalue weighted by atomic mass is 9.98. The van der Waals surface area contributed by atoms with Gasteiger partial charge >= 0.3 is 0 Å². The summed E-state index contributed by atoms with van der Waals surface area (Å²) < 4.78 is 0. The van der Waals surface area contributed by atoms with Gasteiger partial charge in [0.1, 0.15) is 5.78 Å². The summed E-state index contributed by atoms with van der Waals surface area (Å²) in [5.74, 6) is 1.27. The average molecular weight is 195 g/mol. The lowest BCUT2D eigenvalue weighted by molar-refractivity contribution is -0.119. The predicted molar refractivity (Wildman–Crippen MR) is 57.2 cm³/mol. The van der Waals surface area contributed by atoms with E-state index >= 15 is 0 Å².